The van der Waals surface area contributed by atoms with Crippen LogP contribution in [0.2, 0.25) is 0 Å². The van der Waals surface area contributed by atoms with Crippen molar-refractivity contribution in [2.45, 2.75) is 31.4 Å². The van der Waals surface area contributed by atoms with Gasteiger partial charge in [0.05, 0.1) is 5.54 Å². The number of rotatable bonds is 5. The zero-order valence-electron chi connectivity index (χ0n) is 13.3. The molecule has 5 heteroatoms. The largest absolute Gasteiger partial charge is 0.489 e. The fraction of sp³-hybridized carbons (Fsp3) is 0.263. The molecule has 0 aliphatic heterocycles. The predicted molar refractivity (Wildman–Crippen MR) is 90.2 cm³/mol. The van der Waals surface area contributed by atoms with Crippen molar-refractivity contribution in [2.75, 3.05) is 0 Å². The number of hydrogen-bond donors (Lipinski definition) is 1. The van der Waals surface area contributed by atoms with E-state index >= 15 is 0 Å². The van der Waals surface area contributed by atoms with Gasteiger partial charge in [-0.05, 0) is 49.1 Å². The van der Waals surface area contributed by atoms with E-state index in [1.54, 1.807) is 0 Å². The summed E-state index contributed by atoms with van der Waals surface area (Å²) in [6.07, 6.45) is 2.96. The van der Waals surface area contributed by atoms with E-state index in [0.29, 0.717) is 18.3 Å². The van der Waals surface area contributed by atoms with Crippen LogP contribution in [-0.4, -0.2) is 10.1 Å². The zero-order valence-corrected chi connectivity index (χ0v) is 13.3. The van der Waals surface area contributed by atoms with Gasteiger partial charge in [0.25, 0.3) is 5.89 Å². The molecule has 0 bridgehead atoms. The summed E-state index contributed by atoms with van der Waals surface area (Å²) in [5, 5.41) is 4.05. The third-order valence-corrected chi connectivity index (χ3v) is 4.47. The van der Waals surface area contributed by atoms with Crippen molar-refractivity contribution >= 4 is 0 Å². The van der Waals surface area contributed by atoms with E-state index in [1.807, 2.05) is 54.6 Å². The molecule has 1 fully saturated rings. The van der Waals surface area contributed by atoms with Crippen molar-refractivity contribution < 1.29 is 9.26 Å². The second kappa shape index (κ2) is 6.09. The van der Waals surface area contributed by atoms with Gasteiger partial charge >= 0.3 is 0 Å². The molecular weight excluding hydrogens is 302 g/mol. The van der Waals surface area contributed by atoms with Gasteiger partial charge < -0.3 is 15.0 Å². The zero-order chi connectivity index (χ0) is 16.4. The van der Waals surface area contributed by atoms with Gasteiger partial charge in [0.15, 0.2) is 5.82 Å². The summed E-state index contributed by atoms with van der Waals surface area (Å²) in [6.45, 7) is 0.519. The lowest BCUT2D eigenvalue weighted by Gasteiger charge is -2.34. The highest BCUT2D eigenvalue weighted by Gasteiger charge is 2.39. The summed E-state index contributed by atoms with van der Waals surface area (Å²) in [6, 6.07) is 17.7. The first kappa shape index (κ1) is 14.9. The van der Waals surface area contributed by atoms with Crippen LogP contribution in [0, 0.1) is 0 Å². The van der Waals surface area contributed by atoms with E-state index in [-0.39, 0.29) is 0 Å². The Hall–Kier alpha value is -2.66. The molecule has 1 heterocycles. The van der Waals surface area contributed by atoms with Crippen LogP contribution in [0.1, 0.15) is 30.7 Å². The van der Waals surface area contributed by atoms with E-state index in [2.05, 4.69) is 10.1 Å². The summed E-state index contributed by atoms with van der Waals surface area (Å²) in [5.74, 6) is 1.98. The molecule has 1 aliphatic rings. The Balaban J connectivity index is 1.44. The highest BCUT2D eigenvalue weighted by Crippen LogP contribution is 2.37. The van der Waals surface area contributed by atoms with Gasteiger partial charge in [-0.15, -0.1) is 0 Å². The first-order valence-electron chi connectivity index (χ1n) is 8.13. The molecule has 0 radical (unpaired) electrons. The minimum absolute atomic E-state index is 0.398. The van der Waals surface area contributed by atoms with Crippen molar-refractivity contribution in [3.05, 3.63) is 66.0 Å². The van der Waals surface area contributed by atoms with Crippen molar-refractivity contribution in [1.29, 1.82) is 0 Å². The Morgan fingerprint density at radius 3 is 2.46 bits per heavy atom. The molecule has 4 rings (SSSR count). The Labute approximate surface area is 140 Å². The average molecular weight is 321 g/mol. The molecule has 2 aromatic carbocycles. The van der Waals surface area contributed by atoms with Crippen molar-refractivity contribution in [3.63, 3.8) is 0 Å². The molecule has 0 atom stereocenters. The van der Waals surface area contributed by atoms with Crippen LogP contribution >= 0.6 is 0 Å². The van der Waals surface area contributed by atoms with Crippen LogP contribution in [0.15, 0.2) is 59.1 Å². The van der Waals surface area contributed by atoms with E-state index in [0.717, 1.165) is 36.1 Å². The lowest BCUT2D eigenvalue weighted by atomic mass is 9.77. The van der Waals surface area contributed by atoms with Crippen molar-refractivity contribution in [2.24, 2.45) is 5.73 Å². The third-order valence-electron chi connectivity index (χ3n) is 4.47. The smallest absolute Gasteiger partial charge is 0.257 e. The molecular formula is C19H19N3O2. The Bertz CT molecular complexity index is 808. The summed E-state index contributed by atoms with van der Waals surface area (Å²) >= 11 is 0. The van der Waals surface area contributed by atoms with Gasteiger partial charge in [0.2, 0.25) is 0 Å². The summed E-state index contributed by atoms with van der Waals surface area (Å²) in [4.78, 5) is 4.46. The quantitative estimate of drug-likeness (QED) is 0.776. The molecule has 122 valence electrons. The van der Waals surface area contributed by atoms with Crippen molar-refractivity contribution in [3.8, 4) is 17.2 Å². The van der Waals surface area contributed by atoms with Gasteiger partial charge in [-0.1, -0.05) is 35.5 Å². The molecule has 0 amide bonds. The molecule has 24 heavy (non-hydrogen) atoms. The maximum Gasteiger partial charge on any atom is 0.257 e. The molecule has 3 aromatic rings. The topological polar surface area (TPSA) is 74.2 Å². The van der Waals surface area contributed by atoms with E-state index in [1.165, 1.54) is 0 Å². The minimum Gasteiger partial charge on any atom is -0.489 e. The Morgan fingerprint density at radius 2 is 1.79 bits per heavy atom. The second-order valence-corrected chi connectivity index (χ2v) is 6.23. The molecule has 0 unspecified atom stereocenters. The van der Waals surface area contributed by atoms with Gasteiger partial charge in [0.1, 0.15) is 12.4 Å². The van der Waals surface area contributed by atoms with Crippen LogP contribution in [0.3, 0.4) is 0 Å². The number of benzene rings is 2. The van der Waals surface area contributed by atoms with Gasteiger partial charge in [-0.25, -0.2) is 0 Å². The van der Waals surface area contributed by atoms with E-state index < -0.39 is 5.54 Å². The average Bonchev–Trinajstić information content (AvgIpc) is 3.10. The fourth-order valence-corrected chi connectivity index (χ4v) is 2.75. The molecule has 1 saturated carbocycles. The molecule has 1 aromatic heterocycles. The monoisotopic (exact) mass is 321 g/mol. The minimum atomic E-state index is -0.398. The first-order valence-corrected chi connectivity index (χ1v) is 8.13. The molecule has 1 aliphatic carbocycles. The number of para-hydroxylation sites is 1. The predicted octanol–water partition coefficient (Wildman–Crippen LogP) is 3.65. The Kier molecular flexibility index (Phi) is 3.78. The lowest BCUT2D eigenvalue weighted by molar-refractivity contribution is 0.229. The van der Waals surface area contributed by atoms with Gasteiger partial charge in [-0.2, -0.15) is 4.98 Å². The SMILES string of the molecule is NC1(c2noc(-c3ccc(COc4ccccc4)cc3)n2)CCC1. The second-order valence-electron chi connectivity index (χ2n) is 6.23. The van der Waals surface area contributed by atoms with Crippen LogP contribution in [0.4, 0.5) is 0 Å². The van der Waals surface area contributed by atoms with Crippen LogP contribution in [0.25, 0.3) is 11.5 Å². The standard InChI is InChI=1S/C19H19N3O2/c20-19(11-4-12-19)18-21-17(24-22-18)15-9-7-14(8-10-15)13-23-16-5-2-1-3-6-16/h1-3,5-10H,4,11-13,20H2. The number of nitrogens with zero attached hydrogens (tertiary/aromatic N) is 2. The third kappa shape index (κ3) is 2.90. The van der Waals surface area contributed by atoms with Crippen LogP contribution in [0.5, 0.6) is 5.75 Å². The van der Waals surface area contributed by atoms with Crippen molar-refractivity contribution in [1.82, 2.24) is 10.1 Å². The lowest BCUT2D eigenvalue weighted by Crippen LogP contribution is -2.44. The molecule has 0 saturated heterocycles. The molecule has 5 nitrogen and oxygen atoms in total. The fourth-order valence-electron chi connectivity index (χ4n) is 2.75. The van der Waals surface area contributed by atoms with Crippen LogP contribution < -0.4 is 10.5 Å². The normalized spacial score (nSPS) is 15.7. The highest BCUT2D eigenvalue weighted by molar-refractivity contribution is 5.53. The maximum atomic E-state index is 6.23. The first-order chi connectivity index (χ1) is 11.7. The van der Waals surface area contributed by atoms with Gasteiger partial charge in [-0.3, -0.25) is 0 Å². The molecule has 0 spiro atoms. The van der Waals surface area contributed by atoms with E-state index in [4.69, 9.17) is 15.0 Å². The molecule has 2 N–H and O–H groups in total. The van der Waals surface area contributed by atoms with E-state index in [9.17, 15) is 0 Å². The number of nitrogens with two attached hydrogens (primary N) is 1. The number of hydrogen-bond acceptors (Lipinski definition) is 5. The summed E-state index contributed by atoms with van der Waals surface area (Å²) in [5.41, 5.74) is 7.80. The highest BCUT2D eigenvalue weighted by atomic mass is 16.5. The van der Waals surface area contributed by atoms with Gasteiger partial charge in [0, 0.05) is 5.56 Å². The number of ether oxygens (including phenoxy) is 1. The summed E-state index contributed by atoms with van der Waals surface area (Å²) < 4.78 is 11.1. The maximum absolute atomic E-state index is 6.23. The Morgan fingerprint density at radius 1 is 1.04 bits per heavy atom. The number of aromatic nitrogens is 2. The summed E-state index contributed by atoms with van der Waals surface area (Å²) in [7, 11) is 0. The van der Waals surface area contributed by atoms with Crippen LogP contribution in [-0.2, 0) is 12.1 Å².